The third-order valence-corrected chi connectivity index (χ3v) is 4.93. The number of nitrogens with zero attached hydrogens (tertiary/aromatic N) is 2. The molecule has 0 atom stereocenters. The van der Waals surface area contributed by atoms with Crippen LogP contribution in [0.5, 0.6) is 0 Å². The Morgan fingerprint density at radius 2 is 1.72 bits per heavy atom. The third kappa shape index (κ3) is 4.95. The van der Waals surface area contributed by atoms with Crippen LogP contribution in [0.25, 0.3) is 33.2 Å². The third-order valence-electron chi connectivity index (χ3n) is 4.93. The van der Waals surface area contributed by atoms with E-state index in [1.54, 1.807) is 18.3 Å². The zero-order chi connectivity index (χ0) is 21.8. The van der Waals surface area contributed by atoms with Crippen LogP contribution in [0.3, 0.4) is 0 Å². The Hall–Kier alpha value is -3.30. The van der Waals surface area contributed by atoms with E-state index in [0.717, 1.165) is 33.2 Å². The Kier molecular flexibility index (Phi) is 7.55. The van der Waals surface area contributed by atoms with E-state index < -0.39 is 5.97 Å². The number of carboxylic acids is 1. The van der Waals surface area contributed by atoms with Crippen LogP contribution >= 0.6 is 0 Å². The van der Waals surface area contributed by atoms with Crippen molar-refractivity contribution in [1.29, 1.82) is 0 Å². The second-order valence-corrected chi connectivity index (χ2v) is 7.34. The van der Waals surface area contributed by atoms with Crippen molar-refractivity contribution < 1.29 is 35.4 Å². The van der Waals surface area contributed by atoms with Gasteiger partial charge in [-0.3, -0.25) is 0 Å². The summed E-state index contributed by atoms with van der Waals surface area (Å²) in [7, 11) is 0. The van der Waals surface area contributed by atoms with Crippen LogP contribution in [-0.2, 0) is 21.1 Å². The summed E-state index contributed by atoms with van der Waals surface area (Å²) >= 11 is 0. The zero-order valence-electron chi connectivity index (χ0n) is 17.6. The van der Waals surface area contributed by atoms with E-state index in [1.165, 1.54) is 17.8 Å². The fourth-order valence-corrected chi connectivity index (χ4v) is 3.31. The smallest absolute Gasteiger partial charge is 0.354 e. The molecule has 0 fully saturated rings. The summed E-state index contributed by atoms with van der Waals surface area (Å²) in [6.45, 7) is 4.38. The molecule has 0 bridgehead atoms. The molecule has 32 heavy (non-hydrogen) atoms. The molecule has 5 aromatic rings. The van der Waals surface area contributed by atoms with Crippen molar-refractivity contribution >= 4 is 27.9 Å². The van der Waals surface area contributed by atoms with Gasteiger partial charge in [0.2, 0.25) is 0 Å². The van der Waals surface area contributed by atoms with Crippen molar-refractivity contribution in [3.63, 3.8) is 0 Å². The molecular formula is C26H21N2O3Pt-. The minimum atomic E-state index is -0.990. The number of carbonyl (C=O) groups is 1. The van der Waals surface area contributed by atoms with Gasteiger partial charge < -0.3 is 14.5 Å². The van der Waals surface area contributed by atoms with Crippen LogP contribution in [0.15, 0.2) is 83.5 Å². The second-order valence-electron chi connectivity index (χ2n) is 7.34. The van der Waals surface area contributed by atoms with Gasteiger partial charge in [0.15, 0.2) is 0 Å². The van der Waals surface area contributed by atoms with E-state index in [2.05, 4.69) is 54.1 Å². The van der Waals surface area contributed by atoms with E-state index in [0.29, 0.717) is 5.92 Å². The van der Waals surface area contributed by atoms with Gasteiger partial charge in [0.1, 0.15) is 11.3 Å². The number of pyridine rings is 2. The Balaban J connectivity index is 0.000000246. The zero-order valence-corrected chi connectivity index (χ0v) is 19.8. The largest absolute Gasteiger partial charge is 0.501 e. The van der Waals surface area contributed by atoms with Crippen LogP contribution < -0.4 is 0 Å². The minimum absolute atomic E-state index is 0. The van der Waals surface area contributed by atoms with Crippen molar-refractivity contribution in [3.8, 4) is 11.3 Å². The van der Waals surface area contributed by atoms with Gasteiger partial charge in [-0.15, -0.1) is 18.2 Å². The van der Waals surface area contributed by atoms with Crippen molar-refractivity contribution in [2.75, 3.05) is 0 Å². The quantitative estimate of drug-likeness (QED) is 0.243. The van der Waals surface area contributed by atoms with Gasteiger partial charge in [-0.25, -0.2) is 9.78 Å². The monoisotopic (exact) mass is 604 g/mol. The summed E-state index contributed by atoms with van der Waals surface area (Å²) in [5, 5.41) is 10.6. The Labute approximate surface area is 200 Å². The van der Waals surface area contributed by atoms with Gasteiger partial charge in [-0.05, 0) is 41.4 Å². The number of rotatable bonds is 3. The average Bonchev–Trinajstić information content (AvgIpc) is 3.18. The Bertz CT molecular complexity index is 1330. The predicted molar refractivity (Wildman–Crippen MR) is 121 cm³/mol. The van der Waals surface area contributed by atoms with Crippen LogP contribution in [0, 0.1) is 6.07 Å². The van der Waals surface area contributed by atoms with Crippen LogP contribution in [0.2, 0.25) is 0 Å². The maximum Gasteiger partial charge on any atom is 0.354 e. The van der Waals surface area contributed by atoms with Gasteiger partial charge in [-0.1, -0.05) is 55.1 Å². The van der Waals surface area contributed by atoms with Crippen LogP contribution in [0.1, 0.15) is 35.8 Å². The molecule has 3 aromatic heterocycles. The molecule has 0 spiro atoms. The first-order valence-corrected chi connectivity index (χ1v) is 9.97. The molecule has 0 amide bonds. The molecule has 0 unspecified atom stereocenters. The van der Waals surface area contributed by atoms with E-state index in [-0.39, 0.29) is 26.8 Å². The number of furan rings is 1. The number of hydrogen-bond acceptors (Lipinski definition) is 4. The maximum absolute atomic E-state index is 10.1. The van der Waals surface area contributed by atoms with Gasteiger partial charge in [0.25, 0.3) is 0 Å². The topological polar surface area (TPSA) is 76.2 Å². The minimum Gasteiger partial charge on any atom is -0.501 e. The normalized spacial score (nSPS) is 10.5. The van der Waals surface area contributed by atoms with Crippen molar-refractivity contribution in [2.45, 2.75) is 19.8 Å². The predicted octanol–water partition coefficient (Wildman–Crippen LogP) is 6.35. The summed E-state index contributed by atoms with van der Waals surface area (Å²) in [5.74, 6) is -0.505. The molecule has 1 N–H and O–H groups in total. The molecule has 0 saturated heterocycles. The van der Waals surface area contributed by atoms with E-state index in [1.807, 2.05) is 24.3 Å². The first kappa shape index (κ1) is 23.4. The van der Waals surface area contributed by atoms with E-state index in [9.17, 15) is 4.79 Å². The molecule has 6 heteroatoms. The van der Waals surface area contributed by atoms with Crippen molar-refractivity contribution in [1.82, 2.24) is 9.97 Å². The summed E-state index contributed by atoms with van der Waals surface area (Å²) in [6, 6.07) is 24.4. The van der Waals surface area contributed by atoms with E-state index in [4.69, 9.17) is 9.52 Å². The molecule has 164 valence electrons. The number of aromatic nitrogens is 2. The first-order chi connectivity index (χ1) is 15.0. The summed E-state index contributed by atoms with van der Waals surface area (Å²) in [5.41, 5.74) is 4.96. The van der Waals surface area contributed by atoms with Gasteiger partial charge in [0.05, 0.1) is 5.58 Å². The summed E-state index contributed by atoms with van der Waals surface area (Å²) in [6.07, 6.45) is 3.24. The molecule has 0 aliphatic carbocycles. The molecule has 3 heterocycles. The van der Waals surface area contributed by atoms with Crippen molar-refractivity contribution in [3.05, 3.63) is 96.4 Å². The van der Waals surface area contributed by atoms with E-state index >= 15 is 0 Å². The van der Waals surface area contributed by atoms with Gasteiger partial charge in [0, 0.05) is 38.8 Å². The molecular weight excluding hydrogens is 583 g/mol. The molecule has 0 saturated carbocycles. The van der Waals surface area contributed by atoms with Crippen LogP contribution in [0.4, 0.5) is 0 Å². The molecule has 5 rings (SSSR count). The molecule has 5 nitrogen and oxygen atoms in total. The summed E-state index contributed by atoms with van der Waals surface area (Å²) in [4.78, 5) is 18.1. The fraction of sp³-hybridized carbons (Fsp3) is 0.115. The Morgan fingerprint density at radius 3 is 2.31 bits per heavy atom. The number of aromatic carboxylic acids is 1. The second kappa shape index (κ2) is 10.3. The maximum atomic E-state index is 10.1. The van der Waals surface area contributed by atoms with Crippen molar-refractivity contribution in [2.24, 2.45) is 0 Å². The first-order valence-electron chi connectivity index (χ1n) is 9.97. The molecule has 0 aliphatic heterocycles. The number of benzene rings is 2. The Morgan fingerprint density at radius 1 is 0.969 bits per heavy atom. The summed E-state index contributed by atoms with van der Waals surface area (Å²) < 4.78 is 6.16. The molecule has 2 aromatic carbocycles. The van der Waals surface area contributed by atoms with Gasteiger partial charge >= 0.3 is 5.97 Å². The molecule has 0 aliphatic rings. The SMILES string of the molecule is CC(C)c1ccc2c(c1)oc1c(-c3ccccn3)[c-]ccc12.O=C(O)c1ccccn1.[Pt]. The number of hydrogen-bond donors (Lipinski definition) is 1. The standard InChI is InChI=1S/C20H16NO.C6H5NO2.Pt/c1-13(2)14-9-10-15-16-6-5-7-17(18-8-3-4-11-21-18)20(16)22-19(15)12-14;8-6(9)5-3-1-2-4-7-5;/h3-6,8-13H,1-2H3;1-4H,(H,8,9);/q-1;;. The fourth-order valence-electron chi connectivity index (χ4n) is 3.31. The number of fused-ring (bicyclic) bond motifs is 3. The number of carboxylic acid groups (broad SMARTS) is 1. The van der Waals surface area contributed by atoms with Gasteiger partial charge in [-0.2, -0.15) is 0 Å². The van der Waals surface area contributed by atoms with Crippen LogP contribution in [-0.4, -0.2) is 21.0 Å². The molecule has 0 radical (unpaired) electrons. The average molecular weight is 605 g/mol.